The summed E-state index contributed by atoms with van der Waals surface area (Å²) in [6.07, 6.45) is 0. The molecular formula is C16H14N2OS. The van der Waals surface area contributed by atoms with Crippen LogP contribution in [0.2, 0.25) is 0 Å². The highest BCUT2D eigenvalue weighted by atomic mass is 32.2. The van der Waals surface area contributed by atoms with Crippen LogP contribution in [0.5, 0.6) is 0 Å². The van der Waals surface area contributed by atoms with Gasteiger partial charge in [0.2, 0.25) is 5.16 Å². The van der Waals surface area contributed by atoms with E-state index in [0.717, 1.165) is 16.6 Å². The normalized spacial score (nSPS) is 12.4. The van der Waals surface area contributed by atoms with Gasteiger partial charge in [0.1, 0.15) is 10.8 Å². The highest BCUT2D eigenvalue weighted by Crippen LogP contribution is 2.20. The molecule has 0 aliphatic heterocycles. The number of fused-ring (bicyclic) bond motifs is 1. The number of hydrogen-bond acceptors (Lipinski definition) is 2. The maximum Gasteiger partial charge on any atom is 0.204 e. The average molecular weight is 282 g/mol. The first kappa shape index (κ1) is 12.8. The third-order valence-electron chi connectivity index (χ3n) is 3.13. The van der Waals surface area contributed by atoms with Crippen LogP contribution in [0, 0.1) is 0 Å². The fourth-order valence-electron chi connectivity index (χ4n) is 2.20. The number of rotatable bonds is 4. The molecule has 1 unspecified atom stereocenters. The maximum absolute atomic E-state index is 12.1. The fraction of sp³-hybridized carbons (Fsp3) is 0.0625. The van der Waals surface area contributed by atoms with Crippen LogP contribution in [0.25, 0.3) is 11.0 Å². The molecule has 0 bridgehead atoms. The third kappa shape index (κ3) is 2.30. The number of benzene rings is 2. The van der Waals surface area contributed by atoms with Gasteiger partial charge >= 0.3 is 0 Å². The summed E-state index contributed by atoms with van der Waals surface area (Å²) in [5, 5.41) is 1.97. The van der Waals surface area contributed by atoms with Crippen molar-refractivity contribution >= 4 is 21.8 Å². The Morgan fingerprint density at radius 3 is 2.55 bits per heavy atom. The van der Waals surface area contributed by atoms with Crippen molar-refractivity contribution in [1.29, 1.82) is 0 Å². The molecule has 3 rings (SSSR count). The largest absolute Gasteiger partial charge is 0.312 e. The van der Waals surface area contributed by atoms with Crippen molar-refractivity contribution in [3.8, 4) is 0 Å². The van der Waals surface area contributed by atoms with Gasteiger partial charge < -0.3 is 4.57 Å². The molecule has 0 saturated carbocycles. The molecule has 3 nitrogen and oxygen atoms in total. The van der Waals surface area contributed by atoms with Crippen molar-refractivity contribution in [3.05, 3.63) is 72.1 Å². The Kier molecular flexibility index (Phi) is 3.48. The molecule has 100 valence electrons. The molecule has 0 fully saturated rings. The predicted molar refractivity (Wildman–Crippen MR) is 81.9 cm³/mol. The van der Waals surface area contributed by atoms with Gasteiger partial charge in [-0.2, -0.15) is 0 Å². The van der Waals surface area contributed by atoms with E-state index in [9.17, 15) is 4.21 Å². The molecule has 3 aromatic rings. The highest BCUT2D eigenvalue weighted by molar-refractivity contribution is 7.87. The van der Waals surface area contributed by atoms with E-state index in [0.29, 0.717) is 11.7 Å². The van der Waals surface area contributed by atoms with E-state index in [2.05, 4.69) is 23.7 Å². The van der Waals surface area contributed by atoms with E-state index < -0.39 is 10.8 Å². The average Bonchev–Trinajstić information content (AvgIpc) is 2.86. The second kappa shape index (κ2) is 5.43. The van der Waals surface area contributed by atoms with Crippen LogP contribution in [-0.2, 0) is 17.3 Å². The molecule has 0 aliphatic rings. The van der Waals surface area contributed by atoms with Gasteiger partial charge in [0, 0.05) is 5.41 Å². The van der Waals surface area contributed by atoms with Gasteiger partial charge in [0.25, 0.3) is 0 Å². The molecule has 1 heterocycles. The molecule has 0 spiro atoms. The van der Waals surface area contributed by atoms with E-state index in [1.54, 1.807) is 0 Å². The first-order chi connectivity index (χ1) is 9.79. The lowest BCUT2D eigenvalue weighted by Gasteiger charge is -2.07. The maximum atomic E-state index is 12.1. The molecule has 20 heavy (non-hydrogen) atoms. The molecule has 0 saturated heterocycles. The minimum atomic E-state index is -1.29. The zero-order valence-electron chi connectivity index (χ0n) is 10.9. The van der Waals surface area contributed by atoms with Gasteiger partial charge in [-0.25, -0.2) is 9.19 Å². The van der Waals surface area contributed by atoms with Gasteiger partial charge in [-0.05, 0) is 17.7 Å². The summed E-state index contributed by atoms with van der Waals surface area (Å²) in [4.78, 5) is 4.47. The SMILES string of the molecule is C=CS(=O)c1nc2ccccc2n1Cc1ccccc1. The van der Waals surface area contributed by atoms with Crippen molar-refractivity contribution in [2.75, 3.05) is 0 Å². The Morgan fingerprint density at radius 1 is 1.10 bits per heavy atom. The smallest absolute Gasteiger partial charge is 0.204 e. The van der Waals surface area contributed by atoms with Gasteiger partial charge in [-0.1, -0.05) is 49.0 Å². The summed E-state index contributed by atoms with van der Waals surface area (Å²) in [5.74, 6) is 0. The van der Waals surface area contributed by atoms with E-state index in [4.69, 9.17) is 0 Å². The van der Waals surface area contributed by atoms with Crippen molar-refractivity contribution in [2.45, 2.75) is 11.7 Å². The van der Waals surface area contributed by atoms with Gasteiger partial charge in [-0.3, -0.25) is 0 Å². The lowest BCUT2D eigenvalue weighted by atomic mass is 10.2. The quantitative estimate of drug-likeness (QED) is 0.735. The zero-order chi connectivity index (χ0) is 13.9. The van der Waals surface area contributed by atoms with Crippen LogP contribution < -0.4 is 0 Å². The predicted octanol–water partition coefficient (Wildman–Crippen LogP) is 3.34. The molecule has 0 aliphatic carbocycles. The summed E-state index contributed by atoms with van der Waals surface area (Å²) in [6, 6.07) is 17.9. The fourth-order valence-corrected chi connectivity index (χ4v) is 2.92. The first-order valence-electron chi connectivity index (χ1n) is 6.32. The monoisotopic (exact) mass is 282 g/mol. The van der Waals surface area contributed by atoms with Gasteiger partial charge in [-0.15, -0.1) is 0 Å². The van der Waals surface area contributed by atoms with E-state index >= 15 is 0 Å². The first-order valence-corrected chi connectivity index (χ1v) is 7.53. The summed E-state index contributed by atoms with van der Waals surface area (Å²) in [5.41, 5.74) is 2.99. The van der Waals surface area contributed by atoms with Crippen LogP contribution in [0.15, 0.2) is 71.7 Å². The Bertz CT molecular complexity index is 778. The molecule has 2 aromatic carbocycles. The van der Waals surface area contributed by atoms with Crippen LogP contribution >= 0.6 is 0 Å². The number of para-hydroxylation sites is 2. The molecule has 0 amide bonds. The number of hydrogen-bond donors (Lipinski definition) is 0. The minimum absolute atomic E-state index is 0.546. The Balaban J connectivity index is 2.16. The van der Waals surface area contributed by atoms with Crippen LogP contribution in [0.4, 0.5) is 0 Å². The van der Waals surface area contributed by atoms with E-state index in [-0.39, 0.29) is 0 Å². The van der Waals surface area contributed by atoms with E-state index in [1.165, 1.54) is 5.41 Å². The van der Waals surface area contributed by atoms with Gasteiger partial charge in [0.05, 0.1) is 17.6 Å². The zero-order valence-corrected chi connectivity index (χ0v) is 11.7. The second-order valence-corrected chi connectivity index (χ2v) is 5.71. The molecule has 1 atom stereocenters. The van der Waals surface area contributed by atoms with Gasteiger partial charge in [0.15, 0.2) is 0 Å². The standard InChI is InChI=1S/C16H14N2OS/c1-2-20(19)16-17-14-10-6-7-11-15(14)18(16)12-13-8-4-3-5-9-13/h2-11H,1,12H2. The molecule has 0 N–H and O–H groups in total. The second-order valence-electron chi connectivity index (χ2n) is 4.42. The summed E-state index contributed by atoms with van der Waals surface area (Å²) >= 11 is 0. The lowest BCUT2D eigenvalue weighted by Crippen LogP contribution is -2.05. The third-order valence-corrected chi connectivity index (χ3v) is 4.11. The number of nitrogens with zero attached hydrogens (tertiary/aromatic N) is 2. The molecule has 1 aromatic heterocycles. The van der Waals surface area contributed by atoms with Crippen molar-refractivity contribution < 1.29 is 4.21 Å². The van der Waals surface area contributed by atoms with Crippen molar-refractivity contribution in [3.63, 3.8) is 0 Å². The van der Waals surface area contributed by atoms with Crippen molar-refractivity contribution in [2.24, 2.45) is 0 Å². The molecular weight excluding hydrogens is 268 g/mol. The summed E-state index contributed by atoms with van der Waals surface area (Å²) in [6.45, 7) is 4.25. The molecule has 4 heteroatoms. The highest BCUT2D eigenvalue weighted by Gasteiger charge is 2.14. The number of aromatic nitrogens is 2. The number of imidazole rings is 1. The Morgan fingerprint density at radius 2 is 1.80 bits per heavy atom. The Labute approximate surface area is 120 Å². The minimum Gasteiger partial charge on any atom is -0.312 e. The summed E-state index contributed by atoms with van der Waals surface area (Å²) in [7, 11) is -1.29. The lowest BCUT2D eigenvalue weighted by molar-refractivity contribution is 0.662. The van der Waals surface area contributed by atoms with Crippen LogP contribution in [0.1, 0.15) is 5.56 Å². The van der Waals surface area contributed by atoms with E-state index in [1.807, 2.05) is 47.0 Å². The topological polar surface area (TPSA) is 34.9 Å². The van der Waals surface area contributed by atoms with Crippen molar-refractivity contribution in [1.82, 2.24) is 9.55 Å². The molecule has 0 radical (unpaired) electrons. The van der Waals surface area contributed by atoms with Crippen LogP contribution in [-0.4, -0.2) is 13.8 Å². The summed E-state index contributed by atoms with van der Waals surface area (Å²) < 4.78 is 14.1. The van der Waals surface area contributed by atoms with Crippen LogP contribution in [0.3, 0.4) is 0 Å². The Hall–Kier alpha value is -2.20.